The maximum Gasteiger partial charge on any atom is 0.230 e. The number of carbonyl (C=O) groups excluding carboxylic acids is 1. The van der Waals surface area contributed by atoms with Crippen LogP contribution in [0.3, 0.4) is 0 Å². The minimum atomic E-state index is -0.0131. The van der Waals surface area contributed by atoms with Crippen LogP contribution in [0.15, 0.2) is 0 Å². The monoisotopic (exact) mass is 258 g/mol. The molecule has 1 aliphatic carbocycles. The largest absolute Gasteiger partial charge is 0.339 e. The Morgan fingerprint density at radius 3 is 2.59 bits per heavy atom. The zero-order valence-corrected chi connectivity index (χ0v) is 11.2. The molecule has 3 nitrogen and oxygen atoms in total. The van der Waals surface area contributed by atoms with Crippen molar-refractivity contribution in [2.45, 2.75) is 51.0 Å². The highest BCUT2D eigenvalue weighted by Gasteiger charge is 2.47. The van der Waals surface area contributed by atoms with E-state index in [0.29, 0.717) is 11.9 Å². The van der Waals surface area contributed by atoms with Gasteiger partial charge in [0, 0.05) is 19.1 Å². The summed E-state index contributed by atoms with van der Waals surface area (Å²) < 4.78 is 0. The quantitative estimate of drug-likeness (QED) is 0.780. The van der Waals surface area contributed by atoms with Gasteiger partial charge in [-0.25, -0.2) is 0 Å². The number of hydrogen-bond acceptors (Lipinski definition) is 2. The van der Waals surface area contributed by atoms with Gasteiger partial charge in [0.1, 0.15) is 0 Å². The van der Waals surface area contributed by atoms with Crippen LogP contribution >= 0.6 is 12.4 Å². The predicted molar refractivity (Wildman–Crippen MR) is 70.4 cm³/mol. The lowest BCUT2D eigenvalue weighted by molar-refractivity contribution is -0.147. The Labute approximate surface area is 110 Å². The number of nitrogens with zero attached hydrogens (tertiary/aromatic N) is 1. The van der Waals surface area contributed by atoms with E-state index in [1.54, 1.807) is 0 Å². The van der Waals surface area contributed by atoms with Gasteiger partial charge in [-0.15, -0.1) is 12.4 Å². The van der Waals surface area contributed by atoms with Gasteiger partial charge < -0.3 is 10.2 Å². The molecule has 0 aromatic heterocycles. The number of halogens is 1. The molecular formula is C13H23ClN2O. The lowest BCUT2D eigenvalue weighted by Gasteiger charge is -2.42. The SMILES string of the molecule is Cl.O=C1N(C2CCCC2)CCCC12CCNC2. The number of carbonyl (C=O) groups is 1. The molecule has 17 heavy (non-hydrogen) atoms. The highest BCUT2D eigenvalue weighted by molar-refractivity contribution is 5.85. The van der Waals surface area contributed by atoms with E-state index in [1.807, 2.05) is 0 Å². The first kappa shape index (κ1) is 13.2. The predicted octanol–water partition coefficient (Wildman–Crippen LogP) is 1.95. The van der Waals surface area contributed by atoms with E-state index in [4.69, 9.17) is 0 Å². The molecule has 0 aromatic carbocycles. The van der Waals surface area contributed by atoms with Gasteiger partial charge in [-0.2, -0.15) is 0 Å². The van der Waals surface area contributed by atoms with Gasteiger partial charge in [-0.05, 0) is 38.6 Å². The summed E-state index contributed by atoms with van der Waals surface area (Å²) in [4.78, 5) is 14.8. The van der Waals surface area contributed by atoms with Crippen LogP contribution in [-0.4, -0.2) is 36.5 Å². The van der Waals surface area contributed by atoms with E-state index in [2.05, 4.69) is 10.2 Å². The minimum absolute atomic E-state index is 0. The topological polar surface area (TPSA) is 32.3 Å². The first-order chi connectivity index (χ1) is 7.82. The fourth-order valence-electron chi connectivity index (χ4n) is 3.80. The van der Waals surface area contributed by atoms with Gasteiger partial charge in [0.05, 0.1) is 5.41 Å². The molecule has 4 heteroatoms. The molecule has 3 aliphatic rings. The fourth-order valence-corrected chi connectivity index (χ4v) is 3.80. The summed E-state index contributed by atoms with van der Waals surface area (Å²) in [6, 6.07) is 0.574. The van der Waals surface area contributed by atoms with Crippen LogP contribution in [0.4, 0.5) is 0 Å². The molecule has 0 bridgehead atoms. The van der Waals surface area contributed by atoms with Gasteiger partial charge in [0.2, 0.25) is 5.91 Å². The maximum absolute atomic E-state index is 12.6. The summed E-state index contributed by atoms with van der Waals surface area (Å²) >= 11 is 0. The molecule has 1 atom stereocenters. The van der Waals surface area contributed by atoms with Gasteiger partial charge in [0.25, 0.3) is 0 Å². The second-order valence-corrected chi connectivity index (χ2v) is 5.75. The third-order valence-electron chi connectivity index (χ3n) is 4.78. The van der Waals surface area contributed by atoms with Gasteiger partial charge in [-0.3, -0.25) is 4.79 Å². The molecule has 2 heterocycles. The molecule has 3 fully saturated rings. The molecule has 0 aromatic rings. The van der Waals surface area contributed by atoms with Crippen molar-refractivity contribution in [1.82, 2.24) is 10.2 Å². The molecule has 1 saturated carbocycles. The summed E-state index contributed by atoms with van der Waals surface area (Å²) in [7, 11) is 0. The van der Waals surface area contributed by atoms with Crippen molar-refractivity contribution in [2.75, 3.05) is 19.6 Å². The van der Waals surface area contributed by atoms with E-state index in [9.17, 15) is 4.79 Å². The molecule has 0 radical (unpaired) electrons. The standard InChI is InChI=1S/C13H22N2O.ClH/c16-12-13(7-8-14-10-13)6-3-9-15(12)11-4-1-2-5-11;/h11,14H,1-10H2;1H. The van der Waals surface area contributed by atoms with Crippen LogP contribution in [0.5, 0.6) is 0 Å². The summed E-state index contributed by atoms with van der Waals surface area (Å²) in [6.07, 6.45) is 8.52. The number of amides is 1. The Morgan fingerprint density at radius 2 is 1.94 bits per heavy atom. The molecule has 2 aliphatic heterocycles. The molecule has 1 amide bonds. The summed E-state index contributed by atoms with van der Waals surface area (Å²) in [5.41, 5.74) is -0.0131. The van der Waals surface area contributed by atoms with Crippen molar-refractivity contribution < 1.29 is 4.79 Å². The van der Waals surface area contributed by atoms with E-state index in [1.165, 1.54) is 32.1 Å². The first-order valence-corrected chi connectivity index (χ1v) is 6.84. The smallest absolute Gasteiger partial charge is 0.230 e. The van der Waals surface area contributed by atoms with Gasteiger partial charge >= 0.3 is 0 Å². The zero-order valence-electron chi connectivity index (χ0n) is 10.4. The first-order valence-electron chi connectivity index (χ1n) is 6.84. The number of hydrogen-bond donors (Lipinski definition) is 1. The van der Waals surface area contributed by atoms with Crippen LogP contribution in [0.2, 0.25) is 0 Å². The third kappa shape index (κ3) is 2.19. The molecule has 2 saturated heterocycles. The van der Waals surface area contributed by atoms with Crippen molar-refractivity contribution in [3.8, 4) is 0 Å². The number of nitrogens with one attached hydrogen (secondary N) is 1. The Balaban J connectivity index is 0.00000108. The van der Waals surface area contributed by atoms with Crippen LogP contribution in [0.25, 0.3) is 0 Å². The van der Waals surface area contributed by atoms with Crippen LogP contribution in [0, 0.1) is 5.41 Å². The zero-order chi connectivity index (χ0) is 11.0. The Morgan fingerprint density at radius 1 is 1.18 bits per heavy atom. The highest BCUT2D eigenvalue weighted by Crippen LogP contribution is 2.39. The Bertz CT molecular complexity index is 283. The van der Waals surface area contributed by atoms with Crippen molar-refractivity contribution in [2.24, 2.45) is 5.41 Å². The van der Waals surface area contributed by atoms with E-state index >= 15 is 0 Å². The second kappa shape index (κ2) is 5.15. The average Bonchev–Trinajstić information content (AvgIpc) is 2.94. The highest BCUT2D eigenvalue weighted by atomic mass is 35.5. The normalized spacial score (nSPS) is 34.4. The van der Waals surface area contributed by atoms with E-state index in [-0.39, 0.29) is 17.8 Å². The molecule has 1 N–H and O–H groups in total. The van der Waals surface area contributed by atoms with Crippen LogP contribution in [-0.2, 0) is 4.79 Å². The van der Waals surface area contributed by atoms with Gasteiger partial charge in [0.15, 0.2) is 0 Å². The summed E-state index contributed by atoms with van der Waals surface area (Å²) in [5, 5.41) is 3.38. The van der Waals surface area contributed by atoms with E-state index < -0.39 is 0 Å². The number of piperidine rings is 1. The van der Waals surface area contributed by atoms with Gasteiger partial charge in [-0.1, -0.05) is 12.8 Å². The van der Waals surface area contributed by atoms with Crippen molar-refractivity contribution in [3.63, 3.8) is 0 Å². The van der Waals surface area contributed by atoms with Crippen molar-refractivity contribution >= 4 is 18.3 Å². The molecule has 1 spiro atoms. The molecule has 3 rings (SSSR count). The maximum atomic E-state index is 12.6. The van der Waals surface area contributed by atoms with Crippen LogP contribution in [0.1, 0.15) is 44.9 Å². The Hall–Kier alpha value is -0.280. The second-order valence-electron chi connectivity index (χ2n) is 5.75. The lowest BCUT2D eigenvalue weighted by Crippen LogP contribution is -2.53. The number of likely N-dealkylation sites (tertiary alicyclic amines) is 1. The van der Waals surface area contributed by atoms with E-state index in [0.717, 1.165) is 32.5 Å². The summed E-state index contributed by atoms with van der Waals surface area (Å²) in [6.45, 7) is 2.98. The van der Waals surface area contributed by atoms with Crippen molar-refractivity contribution in [1.29, 1.82) is 0 Å². The molecule has 98 valence electrons. The third-order valence-corrected chi connectivity index (χ3v) is 4.78. The summed E-state index contributed by atoms with van der Waals surface area (Å²) in [5.74, 6) is 0.468. The van der Waals surface area contributed by atoms with Crippen molar-refractivity contribution in [3.05, 3.63) is 0 Å². The Kier molecular flexibility index (Phi) is 3.99. The van der Waals surface area contributed by atoms with Crippen LogP contribution < -0.4 is 5.32 Å². The minimum Gasteiger partial charge on any atom is -0.339 e. The molecular weight excluding hydrogens is 236 g/mol. The molecule has 1 unspecified atom stereocenters. The average molecular weight is 259 g/mol. The lowest BCUT2D eigenvalue weighted by atomic mass is 9.78. The fraction of sp³-hybridized carbons (Fsp3) is 0.923. The number of rotatable bonds is 1.